The quantitative estimate of drug-likeness (QED) is 0.783. The fraction of sp³-hybridized carbons (Fsp3) is 0.867. The van der Waals surface area contributed by atoms with E-state index in [9.17, 15) is 9.59 Å². The molecule has 0 aromatic heterocycles. The van der Waals surface area contributed by atoms with Crippen molar-refractivity contribution in [3.63, 3.8) is 0 Å². The lowest BCUT2D eigenvalue weighted by Crippen LogP contribution is -2.42. The Balaban J connectivity index is 2.84. The van der Waals surface area contributed by atoms with Gasteiger partial charge in [0.2, 0.25) is 5.91 Å². The zero-order chi connectivity index (χ0) is 15.6. The Kier molecular flexibility index (Phi) is 5.05. The lowest BCUT2D eigenvalue weighted by atomic mass is 9.92. The van der Waals surface area contributed by atoms with Crippen molar-refractivity contribution in [2.45, 2.75) is 53.6 Å². The molecule has 0 aromatic carbocycles. The van der Waals surface area contributed by atoms with Gasteiger partial charge in [0.15, 0.2) is 0 Å². The average molecular weight is 284 g/mol. The first-order chi connectivity index (χ1) is 9.04. The second-order valence-electron chi connectivity index (χ2n) is 7.32. The maximum absolute atomic E-state index is 12.2. The van der Waals surface area contributed by atoms with Crippen LogP contribution < -0.4 is 0 Å². The van der Waals surface area contributed by atoms with Gasteiger partial charge in [-0.05, 0) is 27.2 Å². The SMILES string of the molecule is CCCN1CC(C)(C)CN(C(=O)OC(C)(C)C)CC1=O. The second-order valence-corrected chi connectivity index (χ2v) is 7.32. The maximum Gasteiger partial charge on any atom is 0.410 e. The summed E-state index contributed by atoms with van der Waals surface area (Å²) in [5.41, 5.74) is -0.669. The molecule has 0 unspecified atom stereocenters. The van der Waals surface area contributed by atoms with Crippen molar-refractivity contribution in [1.82, 2.24) is 9.80 Å². The third-order valence-electron chi connectivity index (χ3n) is 3.06. The molecular weight excluding hydrogens is 256 g/mol. The summed E-state index contributed by atoms with van der Waals surface area (Å²) in [6.45, 7) is 13.8. The Morgan fingerprint density at radius 3 is 2.40 bits per heavy atom. The fourth-order valence-corrected chi connectivity index (χ4v) is 2.42. The molecule has 5 nitrogen and oxygen atoms in total. The molecule has 0 bridgehead atoms. The first-order valence-electron chi connectivity index (χ1n) is 7.30. The molecule has 1 aliphatic heterocycles. The highest BCUT2D eigenvalue weighted by molar-refractivity contribution is 5.83. The molecular formula is C15H28N2O3. The summed E-state index contributed by atoms with van der Waals surface area (Å²) in [4.78, 5) is 27.8. The molecule has 0 aromatic rings. The summed E-state index contributed by atoms with van der Waals surface area (Å²) >= 11 is 0. The van der Waals surface area contributed by atoms with Crippen molar-refractivity contribution >= 4 is 12.0 Å². The Morgan fingerprint density at radius 1 is 1.30 bits per heavy atom. The molecule has 0 aliphatic carbocycles. The molecule has 0 radical (unpaired) electrons. The minimum atomic E-state index is -0.542. The molecule has 1 heterocycles. The maximum atomic E-state index is 12.2. The predicted octanol–water partition coefficient (Wildman–Crippen LogP) is 2.50. The van der Waals surface area contributed by atoms with Gasteiger partial charge in [-0.15, -0.1) is 0 Å². The van der Waals surface area contributed by atoms with Crippen LogP contribution in [0.1, 0.15) is 48.0 Å². The number of nitrogens with zero attached hydrogens (tertiary/aromatic N) is 2. The minimum Gasteiger partial charge on any atom is -0.444 e. The monoisotopic (exact) mass is 284 g/mol. The molecule has 1 saturated heterocycles. The Bertz CT molecular complexity index is 372. The van der Waals surface area contributed by atoms with E-state index in [0.29, 0.717) is 13.1 Å². The van der Waals surface area contributed by atoms with Crippen LogP contribution in [0.5, 0.6) is 0 Å². The van der Waals surface area contributed by atoms with Crippen LogP contribution in [-0.2, 0) is 9.53 Å². The van der Waals surface area contributed by atoms with Gasteiger partial charge in [0.25, 0.3) is 0 Å². The van der Waals surface area contributed by atoms with Crippen molar-refractivity contribution in [2.75, 3.05) is 26.2 Å². The number of rotatable bonds is 2. The Labute approximate surface area is 122 Å². The summed E-state index contributed by atoms with van der Waals surface area (Å²) < 4.78 is 5.39. The summed E-state index contributed by atoms with van der Waals surface area (Å²) in [7, 11) is 0. The smallest absolute Gasteiger partial charge is 0.410 e. The summed E-state index contributed by atoms with van der Waals surface area (Å²) in [5, 5.41) is 0. The molecule has 1 rings (SSSR count). The van der Waals surface area contributed by atoms with Crippen LogP contribution in [0.25, 0.3) is 0 Å². The molecule has 0 N–H and O–H groups in total. The van der Waals surface area contributed by atoms with Gasteiger partial charge in [-0.1, -0.05) is 20.8 Å². The van der Waals surface area contributed by atoms with E-state index >= 15 is 0 Å². The predicted molar refractivity (Wildman–Crippen MR) is 78.5 cm³/mol. The van der Waals surface area contributed by atoms with Crippen molar-refractivity contribution in [3.8, 4) is 0 Å². The second kappa shape index (κ2) is 6.02. The van der Waals surface area contributed by atoms with Crippen LogP contribution >= 0.6 is 0 Å². The number of carbonyl (C=O) groups excluding carboxylic acids is 2. The van der Waals surface area contributed by atoms with Crippen LogP contribution in [0, 0.1) is 5.41 Å². The number of hydrogen-bond donors (Lipinski definition) is 0. The van der Waals surface area contributed by atoms with E-state index in [2.05, 4.69) is 20.8 Å². The number of carbonyl (C=O) groups is 2. The van der Waals surface area contributed by atoms with Crippen LogP contribution in [0.4, 0.5) is 4.79 Å². The summed E-state index contributed by atoms with van der Waals surface area (Å²) in [6, 6.07) is 0. The van der Waals surface area contributed by atoms with Gasteiger partial charge < -0.3 is 9.64 Å². The largest absolute Gasteiger partial charge is 0.444 e. The van der Waals surface area contributed by atoms with E-state index in [1.807, 2.05) is 25.7 Å². The van der Waals surface area contributed by atoms with E-state index in [0.717, 1.165) is 13.0 Å². The lowest BCUT2D eigenvalue weighted by Gasteiger charge is -2.31. The van der Waals surface area contributed by atoms with Gasteiger partial charge in [0.05, 0.1) is 0 Å². The van der Waals surface area contributed by atoms with Gasteiger partial charge >= 0.3 is 6.09 Å². The molecule has 5 heteroatoms. The highest BCUT2D eigenvalue weighted by Gasteiger charge is 2.36. The normalized spacial score (nSPS) is 19.8. The molecule has 1 aliphatic rings. The molecule has 2 amide bonds. The van der Waals surface area contributed by atoms with Gasteiger partial charge in [0.1, 0.15) is 12.1 Å². The topological polar surface area (TPSA) is 49.9 Å². The van der Waals surface area contributed by atoms with Gasteiger partial charge in [-0.3, -0.25) is 9.69 Å². The standard InChI is InChI=1S/C15H28N2O3/c1-7-8-16-10-15(5,6)11-17(9-12(16)18)13(19)20-14(2,3)4/h7-11H2,1-6H3. The third kappa shape index (κ3) is 5.02. The van der Waals surface area contributed by atoms with E-state index < -0.39 is 11.7 Å². The average Bonchev–Trinajstić information content (AvgIpc) is 2.34. The molecule has 0 atom stereocenters. The number of hydrogen-bond acceptors (Lipinski definition) is 3. The van der Waals surface area contributed by atoms with Crippen molar-refractivity contribution in [2.24, 2.45) is 5.41 Å². The van der Waals surface area contributed by atoms with Crippen molar-refractivity contribution < 1.29 is 14.3 Å². The number of amides is 2. The summed E-state index contributed by atoms with van der Waals surface area (Å²) in [5.74, 6) is 0.00304. The van der Waals surface area contributed by atoms with Crippen LogP contribution in [-0.4, -0.2) is 53.6 Å². The van der Waals surface area contributed by atoms with Gasteiger partial charge in [0, 0.05) is 25.0 Å². The van der Waals surface area contributed by atoms with Crippen LogP contribution in [0.2, 0.25) is 0 Å². The summed E-state index contributed by atoms with van der Waals surface area (Å²) in [6.07, 6.45) is 0.520. The Morgan fingerprint density at radius 2 is 1.90 bits per heavy atom. The van der Waals surface area contributed by atoms with Crippen LogP contribution in [0.15, 0.2) is 0 Å². The molecule has 1 fully saturated rings. The van der Waals surface area contributed by atoms with Gasteiger partial charge in [-0.25, -0.2) is 4.79 Å². The van der Waals surface area contributed by atoms with Crippen molar-refractivity contribution in [1.29, 1.82) is 0 Å². The zero-order valence-corrected chi connectivity index (χ0v) is 13.7. The zero-order valence-electron chi connectivity index (χ0n) is 13.7. The first-order valence-corrected chi connectivity index (χ1v) is 7.30. The van der Waals surface area contributed by atoms with E-state index in [1.54, 1.807) is 0 Å². The molecule has 0 spiro atoms. The van der Waals surface area contributed by atoms with E-state index in [4.69, 9.17) is 4.74 Å². The molecule has 116 valence electrons. The lowest BCUT2D eigenvalue weighted by molar-refractivity contribution is -0.131. The fourth-order valence-electron chi connectivity index (χ4n) is 2.42. The first kappa shape index (κ1) is 16.8. The van der Waals surface area contributed by atoms with Gasteiger partial charge in [-0.2, -0.15) is 0 Å². The minimum absolute atomic E-state index is 0.00304. The van der Waals surface area contributed by atoms with E-state index in [1.165, 1.54) is 4.90 Å². The van der Waals surface area contributed by atoms with E-state index in [-0.39, 0.29) is 17.9 Å². The third-order valence-corrected chi connectivity index (χ3v) is 3.06. The molecule has 0 saturated carbocycles. The Hall–Kier alpha value is -1.26. The van der Waals surface area contributed by atoms with Crippen molar-refractivity contribution in [3.05, 3.63) is 0 Å². The number of ether oxygens (including phenoxy) is 1. The molecule has 20 heavy (non-hydrogen) atoms. The highest BCUT2D eigenvalue weighted by Crippen LogP contribution is 2.24. The van der Waals surface area contributed by atoms with Crippen LogP contribution in [0.3, 0.4) is 0 Å². The highest BCUT2D eigenvalue weighted by atomic mass is 16.6.